The van der Waals surface area contributed by atoms with E-state index in [0.717, 1.165) is 15.6 Å². The number of aryl methyl sites for hydroxylation is 1. The van der Waals surface area contributed by atoms with Crippen LogP contribution in [0.25, 0.3) is 0 Å². The van der Waals surface area contributed by atoms with Crippen molar-refractivity contribution in [3.63, 3.8) is 0 Å². The van der Waals surface area contributed by atoms with Gasteiger partial charge in [-0.2, -0.15) is 8.78 Å². The Morgan fingerprint density at radius 2 is 1.96 bits per heavy atom. The monoisotopic (exact) mass is 413 g/mol. The van der Waals surface area contributed by atoms with Crippen molar-refractivity contribution in [3.8, 4) is 11.5 Å². The highest BCUT2D eigenvalue weighted by atomic mass is 79.9. The van der Waals surface area contributed by atoms with Gasteiger partial charge < -0.3 is 14.8 Å². The van der Waals surface area contributed by atoms with Crippen molar-refractivity contribution in [2.75, 3.05) is 13.7 Å². The first kappa shape index (κ1) is 19.2. The Balaban J connectivity index is 1.98. The van der Waals surface area contributed by atoms with Gasteiger partial charge in [-0.05, 0) is 54.8 Å². The Morgan fingerprint density at radius 3 is 2.60 bits per heavy atom. The Hall–Kier alpha value is -2.15. The van der Waals surface area contributed by atoms with Gasteiger partial charge in [0.05, 0.1) is 7.11 Å². The van der Waals surface area contributed by atoms with Crippen LogP contribution in [0.15, 0.2) is 40.9 Å². The molecule has 0 aliphatic heterocycles. The predicted octanol–water partition coefficient (Wildman–Crippen LogP) is 4.34. The summed E-state index contributed by atoms with van der Waals surface area (Å²) >= 11 is 3.36. The van der Waals surface area contributed by atoms with Crippen LogP contribution in [0.5, 0.6) is 11.5 Å². The fourth-order valence-corrected chi connectivity index (χ4v) is 2.84. The molecule has 0 radical (unpaired) electrons. The SMILES string of the molecule is COc1ccc(CCNC(=O)c2ccc(Br)cc2C)cc1OC(F)F. The second-order valence-electron chi connectivity index (χ2n) is 5.33. The van der Waals surface area contributed by atoms with E-state index in [0.29, 0.717) is 18.5 Å². The molecule has 0 aliphatic rings. The van der Waals surface area contributed by atoms with E-state index < -0.39 is 6.61 Å². The maximum Gasteiger partial charge on any atom is 0.387 e. The van der Waals surface area contributed by atoms with Crippen molar-refractivity contribution in [2.24, 2.45) is 0 Å². The van der Waals surface area contributed by atoms with E-state index in [-0.39, 0.29) is 17.4 Å². The van der Waals surface area contributed by atoms with Gasteiger partial charge in [0.25, 0.3) is 5.91 Å². The molecule has 134 valence electrons. The molecule has 0 fully saturated rings. The molecule has 7 heteroatoms. The summed E-state index contributed by atoms with van der Waals surface area (Å²) in [6.07, 6.45) is 0.477. The summed E-state index contributed by atoms with van der Waals surface area (Å²) in [6, 6.07) is 10.2. The highest BCUT2D eigenvalue weighted by Crippen LogP contribution is 2.29. The fourth-order valence-electron chi connectivity index (χ4n) is 2.36. The number of nitrogens with one attached hydrogen (secondary N) is 1. The van der Waals surface area contributed by atoms with Crippen molar-refractivity contribution in [2.45, 2.75) is 20.0 Å². The molecule has 2 aromatic carbocycles. The molecule has 0 saturated carbocycles. The third-order valence-electron chi connectivity index (χ3n) is 3.58. The quantitative estimate of drug-likeness (QED) is 0.734. The maximum atomic E-state index is 12.4. The molecule has 0 aliphatic carbocycles. The van der Waals surface area contributed by atoms with E-state index in [1.54, 1.807) is 24.3 Å². The first-order valence-electron chi connectivity index (χ1n) is 7.56. The fraction of sp³-hybridized carbons (Fsp3) is 0.278. The Bertz CT molecular complexity index is 753. The predicted molar refractivity (Wildman–Crippen MR) is 94.5 cm³/mol. The minimum absolute atomic E-state index is 0.0231. The summed E-state index contributed by atoms with van der Waals surface area (Å²) in [7, 11) is 1.38. The van der Waals surface area contributed by atoms with Crippen LogP contribution in [-0.4, -0.2) is 26.2 Å². The maximum absolute atomic E-state index is 12.4. The number of carbonyl (C=O) groups excluding carboxylic acids is 1. The largest absolute Gasteiger partial charge is 0.493 e. The first-order valence-corrected chi connectivity index (χ1v) is 8.36. The second-order valence-corrected chi connectivity index (χ2v) is 6.24. The average Bonchev–Trinajstić information content (AvgIpc) is 2.54. The summed E-state index contributed by atoms with van der Waals surface area (Å²) in [5.74, 6) is 0.0335. The topological polar surface area (TPSA) is 47.6 Å². The zero-order valence-corrected chi connectivity index (χ0v) is 15.4. The molecule has 2 rings (SSSR count). The van der Waals surface area contributed by atoms with E-state index in [9.17, 15) is 13.6 Å². The molecule has 4 nitrogen and oxygen atoms in total. The molecule has 0 atom stereocenters. The van der Waals surface area contributed by atoms with Gasteiger partial charge in [-0.3, -0.25) is 4.79 Å². The molecule has 2 aromatic rings. The zero-order valence-electron chi connectivity index (χ0n) is 13.8. The molecule has 1 N–H and O–H groups in total. The lowest BCUT2D eigenvalue weighted by atomic mass is 10.1. The molecule has 0 heterocycles. The lowest BCUT2D eigenvalue weighted by Gasteiger charge is -2.12. The summed E-state index contributed by atoms with van der Waals surface area (Å²) in [4.78, 5) is 12.2. The molecule has 0 spiro atoms. The van der Waals surface area contributed by atoms with Crippen LogP contribution in [0.3, 0.4) is 0 Å². The van der Waals surface area contributed by atoms with E-state index in [2.05, 4.69) is 26.0 Å². The van der Waals surface area contributed by atoms with Gasteiger partial charge >= 0.3 is 6.61 Å². The molecule has 1 amide bonds. The minimum atomic E-state index is -2.93. The summed E-state index contributed by atoms with van der Waals surface area (Å²) in [5.41, 5.74) is 2.22. The van der Waals surface area contributed by atoms with Crippen molar-refractivity contribution >= 4 is 21.8 Å². The Morgan fingerprint density at radius 1 is 1.20 bits per heavy atom. The van der Waals surface area contributed by atoms with Gasteiger partial charge in [0.15, 0.2) is 11.5 Å². The Labute approximate surface area is 153 Å². The van der Waals surface area contributed by atoms with Crippen molar-refractivity contribution in [1.29, 1.82) is 0 Å². The highest BCUT2D eigenvalue weighted by molar-refractivity contribution is 9.10. The van der Waals surface area contributed by atoms with Crippen LogP contribution in [0, 0.1) is 6.92 Å². The van der Waals surface area contributed by atoms with Crippen molar-refractivity contribution in [3.05, 3.63) is 57.6 Å². The molecule has 0 unspecified atom stereocenters. The van der Waals surface area contributed by atoms with Gasteiger partial charge in [0, 0.05) is 16.6 Å². The number of rotatable bonds is 7. The highest BCUT2D eigenvalue weighted by Gasteiger charge is 2.12. The van der Waals surface area contributed by atoms with Gasteiger partial charge in [-0.1, -0.05) is 22.0 Å². The number of halogens is 3. The van der Waals surface area contributed by atoms with E-state index >= 15 is 0 Å². The van der Waals surface area contributed by atoms with Crippen LogP contribution in [0.4, 0.5) is 8.78 Å². The number of hydrogen-bond donors (Lipinski definition) is 1. The lowest BCUT2D eigenvalue weighted by molar-refractivity contribution is -0.0512. The minimum Gasteiger partial charge on any atom is -0.493 e. The lowest BCUT2D eigenvalue weighted by Crippen LogP contribution is -2.26. The number of hydrogen-bond acceptors (Lipinski definition) is 3. The Kier molecular flexibility index (Phi) is 6.75. The summed E-state index contributed by atoms with van der Waals surface area (Å²) in [6.45, 7) is -0.699. The van der Waals surface area contributed by atoms with Crippen LogP contribution < -0.4 is 14.8 Å². The van der Waals surface area contributed by atoms with E-state index in [1.807, 2.05) is 13.0 Å². The van der Waals surface area contributed by atoms with Crippen LogP contribution in [0.1, 0.15) is 21.5 Å². The molecule has 25 heavy (non-hydrogen) atoms. The van der Waals surface area contributed by atoms with Crippen molar-refractivity contribution in [1.82, 2.24) is 5.32 Å². The van der Waals surface area contributed by atoms with Crippen LogP contribution in [-0.2, 0) is 6.42 Å². The third kappa shape index (κ3) is 5.42. The number of benzene rings is 2. The normalized spacial score (nSPS) is 10.6. The van der Waals surface area contributed by atoms with Crippen molar-refractivity contribution < 1.29 is 23.0 Å². The first-order chi connectivity index (χ1) is 11.9. The molecule has 0 aromatic heterocycles. The van der Waals surface area contributed by atoms with Gasteiger partial charge in [-0.15, -0.1) is 0 Å². The number of ether oxygens (including phenoxy) is 2. The number of carbonyl (C=O) groups is 1. The second kappa shape index (κ2) is 8.80. The molecule has 0 bridgehead atoms. The summed E-state index contributed by atoms with van der Waals surface area (Å²) in [5, 5.41) is 2.82. The molecular weight excluding hydrogens is 396 g/mol. The average molecular weight is 414 g/mol. The van der Waals surface area contributed by atoms with Gasteiger partial charge in [0.1, 0.15) is 0 Å². The van der Waals surface area contributed by atoms with Gasteiger partial charge in [0.2, 0.25) is 0 Å². The number of alkyl halides is 2. The van der Waals surface area contributed by atoms with Crippen LogP contribution in [0.2, 0.25) is 0 Å². The van der Waals surface area contributed by atoms with Crippen LogP contribution >= 0.6 is 15.9 Å². The zero-order chi connectivity index (χ0) is 18.4. The number of methoxy groups -OCH3 is 1. The standard InChI is InChI=1S/C18H18BrF2NO3/c1-11-9-13(19)4-5-14(11)17(23)22-8-7-12-3-6-15(24-2)16(10-12)25-18(20)21/h3-6,9-10,18H,7-8H2,1-2H3,(H,22,23). The third-order valence-corrected chi connectivity index (χ3v) is 4.07. The van der Waals surface area contributed by atoms with E-state index in [4.69, 9.17) is 4.74 Å². The van der Waals surface area contributed by atoms with E-state index in [1.165, 1.54) is 13.2 Å². The molecular formula is C18H18BrF2NO3. The smallest absolute Gasteiger partial charge is 0.387 e. The van der Waals surface area contributed by atoms with Gasteiger partial charge in [-0.25, -0.2) is 0 Å². The number of amides is 1. The summed E-state index contributed by atoms with van der Waals surface area (Å²) < 4.78 is 35.2. The molecule has 0 saturated heterocycles.